The monoisotopic (exact) mass is 586 g/mol. The number of carbonyl (C=O) groups excluding carboxylic acids is 2. The Hall–Kier alpha value is -3.98. The first kappa shape index (κ1) is 29.5. The van der Waals surface area contributed by atoms with E-state index in [1.54, 1.807) is 13.8 Å². The Labute approximate surface area is 250 Å². The second-order valence-electron chi connectivity index (χ2n) is 10.5. The lowest BCUT2D eigenvalue weighted by Crippen LogP contribution is -2.15. The molecular formula is C33H38N4O4S. The van der Waals surface area contributed by atoms with E-state index in [1.807, 2.05) is 26.0 Å². The molecule has 0 aliphatic carbocycles. The summed E-state index contributed by atoms with van der Waals surface area (Å²) in [5, 5.41) is 3.48. The fraction of sp³-hybridized carbons (Fsp3) is 0.364. The molecular weight excluding hydrogens is 548 g/mol. The molecule has 3 N–H and O–H groups in total. The average Bonchev–Trinajstić information content (AvgIpc) is 3.61. The van der Waals surface area contributed by atoms with Gasteiger partial charge in [-0.05, 0) is 106 Å². The quantitative estimate of drug-likeness (QED) is 0.316. The molecule has 0 radical (unpaired) electrons. The summed E-state index contributed by atoms with van der Waals surface area (Å²) in [6.45, 7) is 16.4. The van der Waals surface area contributed by atoms with E-state index in [0.717, 1.165) is 72.8 Å². The number of aromatic amines is 3. The number of rotatable bonds is 6. The van der Waals surface area contributed by atoms with Gasteiger partial charge in [-0.2, -0.15) is 0 Å². The summed E-state index contributed by atoms with van der Waals surface area (Å²) < 4.78 is 10.9. The lowest BCUT2D eigenvalue weighted by Gasteiger charge is -2.04. The number of ether oxygens (including phenoxy) is 2. The lowest BCUT2D eigenvalue weighted by atomic mass is 10.0. The Morgan fingerprint density at radius 3 is 1.83 bits per heavy atom. The number of esters is 2. The molecule has 0 saturated carbocycles. The Balaban J connectivity index is 1.87. The number of allylic oxidation sites excluding steroid dienone is 2. The predicted molar refractivity (Wildman–Crippen MR) is 168 cm³/mol. The summed E-state index contributed by atoms with van der Waals surface area (Å²) in [7, 11) is 0. The van der Waals surface area contributed by atoms with E-state index in [1.165, 1.54) is 17.3 Å². The summed E-state index contributed by atoms with van der Waals surface area (Å²) in [4.78, 5) is 42.0. The highest BCUT2D eigenvalue weighted by molar-refractivity contribution is 7.99. The van der Waals surface area contributed by atoms with Crippen molar-refractivity contribution >= 4 is 47.6 Å². The van der Waals surface area contributed by atoms with Crippen molar-refractivity contribution in [2.45, 2.75) is 78.3 Å². The van der Waals surface area contributed by atoms with Crippen molar-refractivity contribution in [3.8, 4) is 0 Å². The van der Waals surface area contributed by atoms with Gasteiger partial charge in [-0.1, -0.05) is 25.6 Å². The largest absolute Gasteiger partial charge is 0.462 e. The molecule has 8 bridgehead atoms. The van der Waals surface area contributed by atoms with E-state index in [2.05, 4.69) is 48.7 Å². The van der Waals surface area contributed by atoms with E-state index >= 15 is 0 Å². The van der Waals surface area contributed by atoms with E-state index in [0.29, 0.717) is 22.5 Å². The van der Waals surface area contributed by atoms with Crippen molar-refractivity contribution in [2.24, 2.45) is 4.99 Å². The van der Waals surface area contributed by atoms with Gasteiger partial charge in [0.15, 0.2) is 0 Å². The maximum atomic E-state index is 13.2. The molecule has 0 unspecified atom stereocenters. The number of nitrogens with zero attached hydrogens (tertiary/aromatic N) is 1. The zero-order chi connectivity index (χ0) is 30.3. The third kappa shape index (κ3) is 5.00. The fourth-order valence-corrected chi connectivity index (χ4v) is 6.83. The molecule has 5 rings (SSSR count). The van der Waals surface area contributed by atoms with Crippen LogP contribution in [0.15, 0.2) is 31.9 Å². The van der Waals surface area contributed by atoms with Crippen LogP contribution in [0.2, 0.25) is 0 Å². The minimum absolute atomic E-state index is 0.271. The third-order valence-electron chi connectivity index (χ3n) is 8.03. The Morgan fingerprint density at radius 2 is 1.31 bits per heavy atom. The van der Waals surface area contributed by atoms with Gasteiger partial charge in [0, 0.05) is 10.7 Å². The summed E-state index contributed by atoms with van der Waals surface area (Å²) >= 11 is 1.44. The molecule has 0 saturated heterocycles. The summed E-state index contributed by atoms with van der Waals surface area (Å²) in [6, 6.07) is 0. The molecule has 5 heterocycles. The smallest absolute Gasteiger partial charge is 0.340 e. The summed E-state index contributed by atoms with van der Waals surface area (Å²) in [6.07, 6.45) is 7.70. The molecule has 8 nitrogen and oxygen atoms in total. The van der Waals surface area contributed by atoms with E-state index in [4.69, 9.17) is 14.5 Å². The van der Waals surface area contributed by atoms with Gasteiger partial charge >= 0.3 is 11.9 Å². The van der Waals surface area contributed by atoms with E-state index in [9.17, 15) is 9.59 Å². The van der Waals surface area contributed by atoms with Crippen molar-refractivity contribution in [2.75, 3.05) is 13.2 Å². The topological polar surface area (TPSA) is 112 Å². The molecule has 0 fully saturated rings. The molecule has 0 amide bonds. The van der Waals surface area contributed by atoms with Gasteiger partial charge in [0.05, 0.1) is 57.2 Å². The number of hydrogen-bond acceptors (Lipinski definition) is 6. The molecule has 42 heavy (non-hydrogen) atoms. The zero-order valence-corrected chi connectivity index (χ0v) is 26.4. The van der Waals surface area contributed by atoms with Gasteiger partial charge in [-0.3, -0.25) is 0 Å². The van der Waals surface area contributed by atoms with Crippen LogP contribution in [0, 0.1) is 20.8 Å². The Kier molecular flexibility index (Phi) is 8.23. The van der Waals surface area contributed by atoms with Crippen molar-refractivity contribution in [3.05, 3.63) is 72.3 Å². The molecule has 0 aromatic carbocycles. The number of hydrogen-bond donors (Lipinski definition) is 3. The maximum absolute atomic E-state index is 13.2. The van der Waals surface area contributed by atoms with Crippen LogP contribution in [0.25, 0.3) is 18.2 Å². The zero-order valence-electron chi connectivity index (χ0n) is 25.5. The molecule has 9 heteroatoms. The van der Waals surface area contributed by atoms with Crippen molar-refractivity contribution in [3.63, 3.8) is 0 Å². The van der Waals surface area contributed by atoms with Crippen LogP contribution in [0.1, 0.15) is 95.4 Å². The van der Waals surface area contributed by atoms with Gasteiger partial charge in [0.25, 0.3) is 0 Å². The fourth-order valence-electron chi connectivity index (χ4n) is 5.80. The number of H-pyrrole nitrogens is 3. The van der Waals surface area contributed by atoms with Gasteiger partial charge in [-0.15, -0.1) is 0 Å². The molecule has 0 spiro atoms. The van der Waals surface area contributed by atoms with Crippen LogP contribution < -0.4 is 10.7 Å². The highest BCUT2D eigenvalue weighted by atomic mass is 32.2. The standard InChI is InChI=1S/C33H38N4O4S/c1-9-20-16(5)22-13-26-28(32(38)40-11-3)18(7)30(36-26)42-31-19(8)29(33(39)41-12-4)27(37-31)14-23-17(6)21(10-2)25(35-23)15-24(20)34-22/h13-15,34,36-37H,9-12H2,1-8H3/b22-13-,23-14-,24-15-. The minimum atomic E-state index is -0.389. The number of fused-ring (bicyclic) bond motifs is 7. The number of aliphatic imine (C=N–C) groups is 1. The molecule has 3 aromatic heterocycles. The normalized spacial score (nSPS) is 17.1. The first-order valence-corrected chi connectivity index (χ1v) is 15.3. The number of aromatic nitrogens is 3. The van der Waals surface area contributed by atoms with E-state index < -0.39 is 0 Å². The minimum Gasteiger partial charge on any atom is -0.462 e. The first-order valence-electron chi connectivity index (χ1n) is 14.5. The highest BCUT2D eigenvalue weighted by Gasteiger charge is 2.27. The Bertz CT molecular complexity index is 1830. The third-order valence-corrected chi connectivity index (χ3v) is 9.25. The van der Waals surface area contributed by atoms with Gasteiger partial charge in [0.2, 0.25) is 0 Å². The van der Waals surface area contributed by atoms with Crippen LogP contribution in [-0.4, -0.2) is 45.8 Å². The lowest BCUT2D eigenvalue weighted by molar-refractivity contribution is 0.0515. The Morgan fingerprint density at radius 1 is 0.738 bits per heavy atom. The van der Waals surface area contributed by atoms with Gasteiger partial charge < -0.3 is 24.4 Å². The van der Waals surface area contributed by atoms with Crippen molar-refractivity contribution in [1.82, 2.24) is 15.0 Å². The predicted octanol–water partition coefficient (Wildman–Crippen LogP) is 5.81. The molecule has 2 aliphatic heterocycles. The van der Waals surface area contributed by atoms with Crippen LogP contribution in [0.3, 0.4) is 0 Å². The van der Waals surface area contributed by atoms with Crippen LogP contribution in [-0.2, 0) is 15.9 Å². The number of carbonyl (C=O) groups is 2. The number of nitrogens with one attached hydrogen (secondary N) is 3. The van der Waals surface area contributed by atoms with Crippen LogP contribution in [0.5, 0.6) is 0 Å². The van der Waals surface area contributed by atoms with E-state index in [-0.39, 0.29) is 25.2 Å². The van der Waals surface area contributed by atoms with Crippen molar-refractivity contribution < 1.29 is 19.1 Å². The first-order chi connectivity index (χ1) is 20.1. The molecule has 3 aromatic rings. The molecule has 2 aliphatic rings. The second kappa shape index (κ2) is 11.7. The summed E-state index contributed by atoms with van der Waals surface area (Å²) in [5.74, 6) is -0.769. The summed E-state index contributed by atoms with van der Waals surface area (Å²) in [5.41, 5.74) is 10.1. The van der Waals surface area contributed by atoms with Crippen LogP contribution >= 0.6 is 11.8 Å². The second-order valence-corrected chi connectivity index (χ2v) is 11.5. The van der Waals surface area contributed by atoms with Crippen LogP contribution in [0.4, 0.5) is 0 Å². The SMILES string of the molecule is CCOC(=O)c1c2[nH]c(c1C)Sc1[nH]c(c(C(=O)OCC)c1C)/C=c1\[nH]/c(c(CC)c1C)=C\C1=NC(=C\2)/C(C)=C1CC. The molecule has 0 atom stereocenters. The highest BCUT2D eigenvalue weighted by Crippen LogP contribution is 2.38. The maximum Gasteiger partial charge on any atom is 0.340 e. The average molecular weight is 587 g/mol. The van der Waals surface area contributed by atoms with Gasteiger partial charge in [0.1, 0.15) is 0 Å². The molecule has 220 valence electrons. The van der Waals surface area contributed by atoms with Gasteiger partial charge in [-0.25, -0.2) is 14.6 Å². The van der Waals surface area contributed by atoms with Crippen molar-refractivity contribution in [1.29, 1.82) is 0 Å².